The number of hydrogen-bond acceptors (Lipinski definition) is 4. The summed E-state index contributed by atoms with van der Waals surface area (Å²) in [7, 11) is -3.72. The van der Waals surface area contributed by atoms with E-state index in [2.05, 4.69) is 47.9 Å². The molecular formula is C29H31ClF2N2O2S. The monoisotopic (exact) mass is 544 g/mol. The molecule has 1 fully saturated rings. The molecule has 196 valence electrons. The Balaban J connectivity index is 1.68. The molecule has 1 heterocycles. The van der Waals surface area contributed by atoms with E-state index in [-0.39, 0.29) is 16.5 Å². The van der Waals surface area contributed by atoms with Crippen LogP contribution in [0.15, 0.2) is 72.3 Å². The molecule has 0 saturated carbocycles. The van der Waals surface area contributed by atoms with E-state index >= 15 is 0 Å². The zero-order chi connectivity index (χ0) is 26.7. The van der Waals surface area contributed by atoms with Gasteiger partial charge in [0.15, 0.2) is 9.84 Å². The van der Waals surface area contributed by atoms with Gasteiger partial charge >= 0.3 is 0 Å². The molecule has 1 atom stereocenters. The van der Waals surface area contributed by atoms with Crippen molar-refractivity contribution in [3.8, 4) is 0 Å². The average molecular weight is 545 g/mol. The van der Waals surface area contributed by atoms with Crippen LogP contribution >= 0.6 is 11.6 Å². The van der Waals surface area contributed by atoms with Crippen molar-refractivity contribution >= 4 is 26.3 Å². The number of sulfone groups is 1. The second-order valence-corrected chi connectivity index (χ2v) is 11.8. The third kappa shape index (κ3) is 6.47. The minimum Gasteiger partial charge on any atom is -0.300 e. The van der Waals surface area contributed by atoms with Crippen LogP contribution in [-0.2, 0) is 16.4 Å². The Labute approximate surface area is 223 Å². The molecule has 4 nitrogen and oxygen atoms in total. The minimum atomic E-state index is -3.72. The van der Waals surface area contributed by atoms with E-state index in [0.717, 1.165) is 55.2 Å². The molecule has 0 N–H and O–H groups in total. The summed E-state index contributed by atoms with van der Waals surface area (Å²) >= 11 is 6.14. The van der Waals surface area contributed by atoms with E-state index in [1.807, 2.05) is 24.3 Å². The van der Waals surface area contributed by atoms with Crippen LogP contribution in [-0.4, -0.2) is 50.7 Å². The maximum atomic E-state index is 13.9. The van der Waals surface area contributed by atoms with E-state index in [0.29, 0.717) is 23.7 Å². The Kier molecular flexibility index (Phi) is 8.49. The molecule has 0 radical (unpaired) electrons. The van der Waals surface area contributed by atoms with Crippen LogP contribution in [0.1, 0.15) is 42.1 Å². The first kappa shape index (κ1) is 27.5. The van der Waals surface area contributed by atoms with E-state index in [1.54, 1.807) is 0 Å². The first-order valence-corrected chi connectivity index (χ1v) is 14.5. The fourth-order valence-corrected chi connectivity index (χ4v) is 6.23. The SMILES string of the molecule is CCN(CC)Cc1ccc([C@H](c2ccc(Cl)cc2)N2CC(=C(c3cc(F)cc(F)c3)S(C)(=O)=O)C2)cc1. The molecule has 1 saturated heterocycles. The molecule has 0 aromatic heterocycles. The summed E-state index contributed by atoms with van der Waals surface area (Å²) in [6.45, 7) is 7.83. The lowest BCUT2D eigenvalue weighted by molar-refractivity contribution is 0.203. The van der Waals surface area contributed by atoms with E-state index in [9.17, 15) is 17.2 Å². The van der Waals surface area contributed by atoms with Crippen molar-refractivity contribution in [3.63, 3.8) is 0 Å². The highest BCUT2D eigenvalue weighted by molar-refractivity contribution is 8.00. The van der Waals surface area contributed by atoms with Crippen molar-refractivity contribution in [2.75, 3.05) is 32.4 Å². The molecule has 0 aliphatic carbocycles. The van der Waals surface area contributed by atoms with Crippen LogP contribution in [0.2, 0.25) is 5.02 Å². The van der Waals surface area contributed by atoms with E-state index in [1.165, 1.54) is 5.56 Å². The van der Waals surface area contributed by atoms with Crippen LogP contribution in [0.5, 0.6) is 0 Å². The van der Waals surface area contributed by atoms with Gasteiger partial charge in [0.2, 0.25) is 0 Å². The third-order valence-electron chi connectivity index (χ3n) is 6.75. The summed E-state index contributed by atoms with van der Waals surface area (Å²) in [6.07, 6.45) is 1.08. The second kappa shape index (κ2) is 11.4. The molecule has 37 heavy (non-hydrogen) atoms. The molecule has 1 aliphatic heterocycles. The number of benzene rings is 3. The minimum absolute atomic E-state index is 0.00780. The lowest BCUT2D eigenvalue weighted by Crippen LogP contribution is -2.44. The van der Waals surface area contributed by atoms with Gasteiger partial charge in [-0.05, 0) is 65.2 Å². The molecule has 8 heteroatoms. The first-order valence-electron chi connectivity index (χ1n) is 12.3. The highest BCUT2D eigenvalue weighted by Crippen LogP contribution is 2.38. The van der Waals surface area contributed by atoms with Crippen molar-refractivity contribution in [2.24, 2.45) is 0 Å². The lowest BCUT2D eigenvalue weighted by Gasteiger charge is -2.42. The van der Waals surface area contributed by atoms with Gasteiger partial charge in [-0.3, -0.25) is 9.80 Å². The number of hydrogen-bond donors (Lipinski definition) is 0. The van der Waals surface area contributed by atoms with Gasteiger partial charge in [-0.2, -0.15) is 0 Å². The van der Waals surface area contributed by atoms with Gasteiger partial charge in [-0.15, -0.1) is 0 Å². The van der Waals surface area contributed by atoms with Crippen molar-refractivity contribution < 1.29 is 17.2 Å². The Hall–Kier alpha value is -2.58. The van der Waals surface area contributed by atoms with Crippen LogP contribution in [0.25, 0.3) is 4.91 Å². The highest BCUT2D eigenvalue weighted by atomic mass is 35.5. The fraction of sp³-hybridized carbons (Fsp3) is 0.310. The van der Waals surface area contributed by atoms with Gasteiger partial charge in [0, 0.05) is 37.0 Å². The zero-order valence-electron chi connectivity index (χ0n) is 21.2. The van der Waals surface area contributed by atoms with Gasteiger partial charge in [-0.25, -0.2) is 17.2 Å². The second-order valence-electron chi connectivity index (χ2n) is 9.43. The number of rotatable bonds is 9. The summed E-state index contributed by atoms with van der Waals surface area (Å²) in [5, 5.41) is 0.633. The van der Waals surface area contributed by atoms with E-state index < -0.39 is 21.5 Å². The third-order valence-corrected chi connectivity index (χ3v) is 8.27. The predicted octanol–water partition coefficient (Wildman–Crippen LogP) is 6.32. The standard InChI is InChI=1S/C29H31ClF2N2O2S/c1-4-33(5-2)17-20-6-8-21(9-7-20)28(22-10-12-25(30)13-11-22)34-18-24(19-34)29(37(3,35)36)23-14-26(31)16-27(32)15-23/h6-16,28H,4-5,17-19H2,1-3H3/t28-/m1/s1. The Morgan fingerprint density at radius 3 is 1.92 bits per heavy atom. The average Bonchev–Trinajstić information content (AvgIpc) is 2.81. The van der Waals surface area contributed by atoms with Crippen molar-refractivity contribution in [2.45, 2.75) is 26.4 Å². The summed E-state index contributed by atoms with van der Waals surface area (Å²) in [5.74, 6) is -1.62. The highest BCUT2D eigenvalue weighted by Gasteiger charge is 2.35. The van der Waals surface area contributed by atoms with E-state index in [4.69, 9.17) is 11.6 Å². The van der Waals surface area contributed by atoms with Gasteiger partial charge < -0.3 is 0 Å². The zero-order valence-corrected chi connectivity index (χ0v) is 22.8. The maximum Gasteiger partial charge on any atom is 0.176 e. The van der Waals surface area contributed by atoms with Gasteiger partial charge in [0.1, 0.15) is 11.6 Å². The fourth-order valence-electron chi connectivity index (χ4n) is 4.91. The van der Waals surface area contributed by atoms with Crippen LogP contribution in [0.4, 0.5) is 8.78 Å². The molecule has 1 aliphatic rings. The van der Waals surface area contributed by atoms with Crippen molar-refractivity contribution in [1.29, 1.82) is 0 Å². The van der Waals surface area contributed by atoms with Crippen LogP contribution < -0.4 is 0 Å². The molecule has 3 aromatic rings. The summed E-state index contributed by atoms with van der Waals surface area (Å²) in [6, 6.07) is 18.8. The molecule has 0 bridgehead atoms. The Morgan fingerprint density at radius 2 is 1.43 bits per heavy atom. The van der Waals surface area contributed by atoms with Crippen LogP contribution in [0.3, 0.4) is 0 Å². The number of nitrogens with zero attached hydrogens (tertiary/aromatic N) is 2. The molecule has 0 amide bonds. The molecule has 4 rings (SSSR count). The molecule has 3 aromatic carbocycles. The summed E-state index contributed by atoms with van der Waals surface area (Å²) < 4.78 is 53.2. The predicted molar refractivity (Wildman–Crippen MR) is 146 cm³/mol. The van der Waals surface area contributed by atoms with Crippen molar-refractivity contribution in [1.82, 2.24) is 9.80 Å². The van der Waals surface area contributed by atoms with Gasteiger partial charge in [0.05, 0.1) is 10.9 Å². The maximum absolute atomic E-state index is 13.9. The lowest BCUT2D eigenvalue weighted by atomic mass is 9.91. The normalized spacial score (nSPS) is 15.1. The largest absolute Gasteiger partial charge is 0.300 e. The first-order chi connectivity index (χ1) is 17.6. The quantitative estimate of drug-likeness (QED) is 0.316. The van der Waals surface area contributed by atoms with Crippen molar-refractivity contribution in [3.05, 3.63) is 111 Å². The molecule has 0 spiro atoms. The number of halogens is 3. The smallest absolute Gasteiger partial charge is 0.176 e. The molecular weight excluding hydrogens is 514 g/mol. The summed E-state index contributed by atoms with van der Waals surface area (Å²) in [4.78, 5) is 4.49. The molecule has 0 unspecified atom stereocenters. The Bertz CT molecular complexity index is 1360. The topological polar surface area (TPSA) is 40.6 Å². The van der Waals surface area contributed by atoms with Gasteiger partial charge in [-0.1, -0.05) is 61.8 Å². The summed E-state index contributed by atoms with van der Waals surface area (Å²) in [5.41, 5.74) is 3.99. The Morgan fingerprint density at radius 1 is 0.919 bits per heavy atom. The number of likely N-dealkylation sites (tertiary alicyclic amines) is 1. The van der Waals surface area contributed by atoms with Crippen LogP contribution in [0, 0.1) is 11.6 Å². The van der Waals surface area contributed by atoms with Gasteiger partial charge in [0.25, 0.3) is 0 Å².